The molecule has 3 aromatic carbocycles. The van der Waals surface area contributed by atoms with E-state index in [2.05, 4.69) is 11.9 Å². The van der Waals surface area contributed by atoms with Crippen LogP contribution in [0.4, 0.5) is 0 Å². The number of carbonyl (C=O) groups is 3. The minimum Gasteiger partial charge on any atom is -0.507 e. The Labute approximate surface area is 178 Å². The number of nitrogens with two attached hydrogens (primary N) is 1. The third kappa shape index (κ3) is 3.50. The normalized spacial score (nSPS) is 12.7. The molecule has 0 bridgehead atoms. The molecule has 0 saturated carbocycles. The predicted octanol–water partition coefficient (Wildman–Crippen LogP) is 2.57. The van der Waals surface area contributed by atoms with Gasteiger partial charge in [0.15, 0.2) is 0 Å². The van der Waals surface area contributed by atoms with Gasteiger partial charge in [-0.05, 0) is 51.7 Å². The molecule has 3 amide bonds. The van der Waals surface area contributed by atoms with Gasteiger partial charge in [-0.25, -0.2) is 0 Å². The van der Waals surface area contributed by atoms with E-state index in [-0.39, 0.29) is 35.2 Å². The Hall–Kier alpha value is -4.13. The fourth-order valence-corrected chi connectivity index (χ4v) is 3.83. The molecule has 0 aromatic heterocycles. The van der Waals surface area contributed by atoms with Crippen LogP contribution >= 0.6 is 0 Å². The van der Waals surface area contributed by atoms with E-state index < -0.39 is 5.91 Å². The summed E-state index contributed by atoms with van der Waals surface area (Å²) in [5, 5.41) is 14.4. The summed E-state index contributed by atoms with van der Waals surface area (Å²) in [6.07, 6.45) is 0. The number of fused-ring (bicyclic) bond motifs is 3. The summed E-state index contributed by atoms with van der Waals surface area (Å²) < 4.78 is 0. The van der Waals surface area contributed by atoms with Crippen molar-refractivity contribution in [3.63, 3.8) is 0 Å². The van der Waals surface area contributed by atoms with E-state index in [0.29, 0.717) is 12.1 Å². The molecule has 0 unspecified atom stereocenters. The topological polar surface area (TPSA) is 113 Å². The van der Waals surface area contributed by atoms with E-state index in [1.807, 2.05) is 24.3 Å². The first-order chi connectivity index (χ1) is 14.8. The second-order valence-electron chi connectivity index (χ2n) is 7.47. The van der Waals surface area contributed by atoms with Crippen LogP contribution in [-0.2, 0) is 11.3 Å². The first-order valence-corrected chi connectivity index (χ1v) is 9.68. The summed E-state index contributed by atoms with van der Waals surface area (Å²) in [4.78, 5) is 37.7. The number of aromatic hydroxyl groups is 1. The predicted molar refractivity (Wildman–Crippen MR) is 118 cm³/mol. The number of phenolic OH excluding ortho intramolecular Hbond substituents is 1. The van der Waals surface area contributed by atoms with Crippen molar-refractivity contribution >= 4 is 28.5 Å². The standard InChI is InChI=1S/C24H21N3O4/c1-13(22(25)29)11-27-12-20-17(24(27)31)7-5-14-3-4-15(9-18(14)20)16-6-8-21(28)19(10-16)23(30)26-2/h3-10,28H,1,11-12H2,2H3,(H2,25,29)(H,26,30). The molecule has 0 fully saturated rings. The minimum atomic E-state index is -0.629. The number of rotatable bonds is 5. The van der Waals surface area contributed by atoms with Crippen LogP contribution in [-0.4, -0.2) is 41.3 Å². The van der Waals surface area contributed by atoms with Gasteiger partial charge in [0.2, 0.25) is 5.91 Å². The SMILES string of the molecule is C=C(CN1Cc2c(ccc3ccc(-c4ccc(O)c(C(=O)NC)c4)cc23)C1=O)C(N)=O. The largest absolute Gasteiger partial charge is 0.507 e. The summed E-state index contributed by atoms with van der Waals surface area (Å²) in [5.74, 6) is -1.27. The maximum Gasteiger partial charge on any atom is 0.254 e. The van der Waals surface area contributed by atoms with E-state index in [4.69, 9.17) is 5.73 Å². The zero-order valence-corrected chi connectivity index (χ0v) is 16.9. The lowest BCUT2D eigenvalue weighted by Gasteiger charge is -2.15. The van der Waals surface area contributed by atoms with Crippen molar-refractivity contribution in [2.24, 2.45) is 5.73 Å². The quantitative estimate of drug-likeness (QED) is 0.556. The number of hydrogen-bond donors (Lipinski definition) is 3. The monoisotopic (exact) mass is 415 g/mol. The summed E-state index contributed by atoms with van der Waals surface area (Å²) in [6, 6.07) is 14.4. The molecule has 0 aliphatic carbocycles. The molecule has 156 valence electrons. The summed E-state index contributed by atoms with van der Waals surface area (Å²) in [6.45, 7) is 4.07. The molecule has 0 radical (unpaired) electrons. The molecule has 0 spiro atoms. The summed E-state index contributed by atoms with van der Waals surface area (Å²) in [5.41, 5.74) is 8.69. The van der Waals surface area contributed by atoms with Crippen molar-refractivity contribution in [1.82, 2.24) is 10.2 Å². The molecular formula is C24H21N3O4. The zero-order valence-electron chi connectivity index (χ0n) is 16.9. The van der Waals surface area contributed by atoms with Crippen LogP contribution in [0.3, 0.4) is 0 Å². The smallest absolute Gasteiger partial charge is 0.254 e. The lowest BCUT2D eigenvalue weighted by atomic mass is 9.95. The van der Waals surface area contributed by atoms with E-state index >= 15 is 0 Å². The van der Waals surface area contributed by atoms with Crippen molar-refractivity contribution in [2.45, 2.75) is 6.54 Å². The van der Waals surface area contributed by atoms with Crippen molar-refractivity contribution < 1.29 is 19.5 Å². The van der Waals surface area contributed by atoms with Gasteiger partial charge in [-0.3, -0.25) is 14.4 Å². The molecule has 1 aliphatic heterocycles. The Morgan fingerprint density at radius 3 is 2.52 bits per heavy atom. The number of carbonyl (C=O) groups excluding carboxylic acids is 3. The average Bonchev–Trinajstić information content (AvgIpc) is 3.08. The third-order valence-electron chi connectivity index (χ3n) is 5.53. The molecule has 1 heterocycles. The van der Waals surface area contributed by atoms with Crippen LogP contribution in [0.2, 0.25) is 0 Å². The molecule has 0 saturated heterocycles. The van der Waals surface area contributed by atoms with Gasteiger partial charge in [-0.2, -0.15) is 0 Å². The summed E-state index contributed by atoms with van der Waals surface area (Å²) >= 11 is 0. The van der Waals surface area contributed by atoms with Gasteiger partial charge >= 0.3 is 0 Å². The number of nitrogens with one attached hydrogen (secondary N) is 1. The van der Waals surface area contributed by atoms with Gasteiger partial charge in [-0.1, -0.05) is 30.8 Å². The first-order valence-electron chi connectivity index (χ1n) is 9.68. The second-order valence-corrected chi connectivity index (χ2v) is 7.47. The van der Waals surface area contributed by atoms with Crippen molar-refractivity contribution in [3.8, 4) is 16.9 Å². The van der Waals surface area contributed by atoms with Crippen LogP contribution in [0.15, 0.2) is 60.7 Å². The number of benzene rings is 3. The van der Waals surface area contributed by atoms with Gasteiger partial charge in [0.05, 0.1) is 12.1 Å². The highest BCUT2D eigenvalue weighted by Gasteiger charge is 2.29. The highest BCUT2D eigenvalue weighted by molar-refractivity contribution is 6.06. The van der Waals surface area contributed by atoms with E-state index in [0.717, 1.165) is 27.5 Å². The van der Waals surface area contributed by atoms with E-state index in [9.17, 15) is 19.5 Å². The number of amides is 3. The van der Waals surface area contributed by atoms with Crippen molar-refractivity contribution in [3.05, 3.63) is 77.4 Å². The molecule has 1 aliphatic rings. The van der Waals surface area contributed by atoms with Crippen LogP contribution in [0.1, 0.15) is 26.3 Å². The fraction of sp³-hybridized carbons (Fsp3) is 0.125. The van der Waals surface area contributed by atoms with Crippen molar-refractivity contribution in [1.29, 1.82) is 0 Å². The Morgan fingerprint density at radius 2 is 1.81 bits per heavy atom. The third-order valence-corrected chi connectivity index (χ3v) is 5.53. The molecule has 31 heavy (non-hydrogen) atoms. The van der Waals surface area contributed by atoms with Crippen LogP contribution in [0, 0.1) is 0 Å². The summed E-state index contributed by atoms with van der Waals surface area (Å²) in [7, 11) is 1.50. The Morgan fingerprint density at radius 1 is 1.13 bits per heavy atom. The van der Waals surface area contributed by atoms with E-state index in [1.54, 1.807) is 23.1 Å². The molecule has 7 nitrogen and oxygen atoms in total. The molecule has 7 heteroatoms. The Balaban J connectivity index is 1.77. The van der Waals surface area contributed by atoms with Crippen LogP contribution < -0.4 is 11.1 Å². The lowest BCUT2D eigenvalue weighted by Crippen LogP contribution is -2.30. The molecule has 4 N–H and O–H groups in total. The van der Waals surface area contributed by atoms with Gasteiger partial charge in [0.25, 0.3) is 11.8 Å². The van der Waals surface area contributed by atoms with Gasteiger partial charge < -0.3 is 21.1 Å². The second kappa shape index (κ2) is 7.60. The average molecular weight is 415 g/mol. The van der Waals surface area contributed by atoms with Gasteiger partial charge in [-0.15, -0.1) is 0 Å². The highest BCUT2D eigenvalue weighted by atomic mass is 16.3. The van der Waals surface area contributed by atoms with Gasteiger partial charge in [0.1, 0.15) is 5.75 Å². The lowest BCUT2D eigenvalue weighted by molar-refractivity contribution is -0.114. The fourth-order valence-electron chi connectivity index (χ4n) is 3.83. The van der Waals surface area contributed by atoms with Crippen molar-refractivity contribution in [2.75, 3.05) is 13.6 Å². The number of phenols is 1. The Bertz CT molecular complexity index is 1280. The maximum atomic E-state index is 12.8. The van der Waals surface area contributed by atoms with E-state index in [1.165, 1.54) is 13.1 Å². The highest BCUT2D eigenvalue weighted by Crippen LogP contribution is 2.34. The number of hydrogen-bond acceptors (Lipinski definition) is 4. The maximum absolute atomic E-state index is 12.8. The zero-order chi connectivity index (χ0) is 22.3. The van der Waals surface area contributed by atoms with Crippen LogP contribution in [0.25, 0.3) is 21.9 Å². The molecule has 4 rings (SSSR count). The minimum absolute atomic E-state index is 0.0808. The number of primary amides is 1. The Kier molecular flexibility index (Phi) is 4.94. The number of nitrogens with zero attached hydrogens (tertiary/aromatic N) is 1. The molecule has 0 atom stereocenters. The van der Waals surface area contributed by atoms with Crippen LogP contribution in [0.5, 0.6) is 5.75 Å². The first kappa shape index (κ1) is 20.2. The van der Waals surface area contributed by atoms with Gasteiger partial charge in [0, 0.05) is 24.7 Å². The molecular weight excluding hydrogens is 394 g/mol. The molecule has 3 aromatic rings.